The summed E-state index contributed by atoms with van der Waals surface area (Å²) in [6.45, 7) is 1.79. The highest BCUT2D eigenvalue weighted by molar-refractivity contribution is 9.10. The van der Waals surface area contributed by atoms with Gasteiger partial charge in [-0.25, -0.2) is 4.79 Å². The van der Waals surface area contributed by atoms with E-state index in [2.05, 4.69) is 21.2 Å². The molecule has 1 atom stereocenters. The van der Waals surface area contributed by atoms with Gasteiger partial charge in [0.2, 0.25) is 0 Å². The molecule has 1 aliphatic heterocycles. The minimum Gasteiger partial charge on any atom is -0.480 e. The molecule has 1 unspecified atom stereocenters. The molecule has 3 rings (SSSR count). The van der Waals surface area contributed by atoms with E-state index in [-0.39, 0.29) is 6.61 Å². The molecule has 1 spiro atoms. The van der Waals surface area contributed by atoms with Gasteiger partial charge in [0.25, 0.3) is 0 Å². The zero-order valence-electron chi connectivity index (χ0n) is 11.2. The first kappa shape index (κ1) is 14.0. The van der Waals surface area contributed by atoms with E-state index < -0.39 is 11.6 Å². The largest absolute Gasteiger partial charge is 0.480 e. The molecule has 2 aliphatic rings. The minimum absolute atomic E-state index is 0.237. The van der Waals surface area contributed by atoms with Crippen molar-refractivity contribution in [2.45, 2.75) is 24.9 Å². The molecule has 2 N–H and O–H groups in total. The van der Waals surface area contributed by atoms with Gasteiger partial charge < -0.3 is 15.2 Å². The van der Waals surface area contributed by atoms with E-state index in [0.29, 0.717) is 5.41 Å². The second kappa shape index (κ2) is 5.13. The summed E-state index contributed by atoms with van der Waals surface area (Å²) in [5.41, 5.74) is 0.943. The molecule has 0 radical (unpaired) electrons. The van der Waals surface area contributed by atoms with Crippen LogP contribution in [-0.2, 0) is 15.1 Å². The van der Waals surface area contributed by atoms with Gasteiger partial charge in [-0.15, -0.1) is 0 Å². The van der Waals surface area contributed by atoms with Gasteiger partial charge in [0.05, 0.1) is 5.60 Å². The second-order valence-corrected chi connectivity index (χ2v) is 6.88. The molecule has 2 fully saturated rings. The lowest BCUT2D eigenvalue weighted by Gasteiger charge is -2.41. The molecule has 1 heterocycles. The number of aliphatic carboxylic acids is 1. The summed E-state index contributed by atoms with van der Waals surface area (Å²) >= 11 is 3.44. The Morgan fingerprint density at radius 1 is 1.30 bits per heavy atom. The maximum Gasteiger partial charge on any atom is 0.329 e. The smallest absolute Gasteiger partial charge is 0.329 e. The van der Waals surface area contributed by atoms with Crippen molar-refractivity contribution in [1.29, 1.82) is 0 Å². The predicted octanol–water partition coefficient (Wildman–Crippen LogP) is 2.52. The molecule has 4 nitrogen and oxygen atoms in total. The Morgan fingerprint density at radius 2 is 2.00 bits per heavy atom. The highest BCUT2D eigenvalue weighted by Crippen LogP contribution is 2.53. The molecule has 20 heavy (non-hydrogen) atoms. The Hall–Kier alpha value is -0.910. The van der Waals surface area contributed by atoms with Crippen LogP contribution in [0.3, 0.4) is 0 Å². The quantitative estimate of drug-likeness (QED) is 0.884. The van der Waals surface area contributed by atoms with Crippen molar-refractivity contribution >= 4 is 21.9 Å². The Morgan fingerprint density at radius 3 is 2.50 bits per heavy atom. The number of rotatable bonds is 4. The van der Waals surface area contributed by atoms with Gasteiger partial charge in [0, 0.05) is 17.6 Å². The van der Waals surface area contributed by atoms with E-state index in [4.69, 9.17) is 9.84 Å². The summed E-state index contributed by atoms with van der Waals surface area (Å²) in [5.74, 6) is -0.908. The van der Waals surface area contributed by atoms with E-state index in [1.807, 2.05) is 24.3 Å². The van der Waals surface area contributed by atoms with Crippen molar-refractivity contribution in [3.05, 3.63) is 34.3 Å². The third-order valence-corrected chi connectivity index (χ3v) is 5.09. The van der Waals surface area contributed by atoms with Gasteiger partial charge in [0.15, 0.2) is 0 Å². The first-order valence-corrected chi connectivity index (χ1v) is 7.66. The molecule has 1 saturated heterocycles. The molecule has 0 aromatic heterocycles. The summed E-state index contributed by atoms with van der Waals surface area (Å²) in [6, 6.07) is 8.06. The maximum absolute atomic E-state index is 10.9. The van der Waals surface area contributed by atoms with Crippen molar-refractivity contribution in [3.8, 4) is 0 Å². The lowest BCUT2D eigenvalue weighted by Crippen LogP contribution is -2.52. The molecule has 0 bridgehead atoms. The van der Waals surface area contributed by atoms with Crippen molar-refractivity contribution in [2.75, 3.05) is 19.7 Å². The molecule has 1 aromatic carbocycles. The SMILES string of the molecule is O=C(O)COC1(c2ccc(Br)cc2)CCC2(CNC2)C1. The van der Waals surface area contributed by atoms with Crippen LogP contribution in [-0.4, -0.2) is 30.8 Å². The van der Waals surface area contributed by atoms with Crippen LogP contribution in [0.2, 0.25) is 0 Å². The number of ether oxygens (including phenoxy) is 1. The molecule has 108 valence electrons. The van der Waals surface area contributed by atoms with Gasteiger partial charge in [-0.3, -0.25) is 0 Å². The molecule has 1 aliphatic carbocycles. The first-order valence-electron chi connectivity index (χ1n) is 6.86. The van der Waals surface area contributed by atoms with Crippen LogP contribution < -0.4 is 5.32 Å². The monoisotopic (exact) mass is 339 g/mol. The van der Waals surface area contributed by atoms with Crippen molar-refractivity contribution in [1.82, 2.24) is 5.32 Å². The highest BCUT2D eigenvalue weighted by Gasteiger charge is 2.52. The van der Waals surface area contributed by atoms with Crippen LogP contribution in [0.4, 0.5) is 0 Å². The summed E-state index contributed by atoms with van der Waals surface area (Å²) in [5, 5.41) is 12.3. The summed E-state index contributed by atoms with van der Waals surface area (Å²) in [6.07, 6.45) is 2.89. The van der Waals surface area contributed by atoms with Gasteiger partial charge in [0.1, 0.15) is 6.61 Å². The maximum atomic E-state index is 10.9. The van der Waals surface area contributed by atoms with E-state index in [9.17, 15) is 4.79 Å². The number of carbonyl (C=O) groups is 1. The van der Waals surface area contributed by atoms with Crippen LogP contribution in [0.1, 0.15) is 24.8 Å². The molecule has 1 aromatic rings. The van der Waals surface area contributed by atoms with Crippen molar-refractivity contribution in [2.24, 2.45) is 5.41 Å². The minimum atomic E-state index is -0.908. The van der Waals surface area contributed by atoms with Crippen LogP contribution in [0.5, 0.6) is 0 Å². The lowest BCUT2D eigenvalue weighted by atomic mass is 9.77. The zero-order valence-corrected chi connectivity index (χ0v) is 12.8. The average molecular weight is 340 g/mol. The lowest BCUT2D eigenvalue weighted by molar-refractivity contribution is -0.151. The fourth-order valence-electron chi connectivity index (χ4n) is 3.44. The van der Waals surface area contributed by atoms with Crippen LogP contribution in [0, 0.1) is 5.41 Å². The Labute approximate surface area is 126 Å². The third-order valence-electron chi connectivity index (χ3n) is 4.56. The van der Waals surface area contributed by atoms with Gasteiger partial charge in [-0.2, -0.15) is 0 Å². The van der Waals surface area contributed by atoms with Crippen LogP contribution in [0.25, 0.3) is 0 Å². The predicted molar refractivity (Wildman–Crippen MR) is 78.6 cm³/mol. The standard InChI is InChI=1S/C15H18BrNO3/c16-12-3-1-11(2-4-12)15(20-7-13(18)19)6-5-14(8-15)9-17-10-14/h1-4,17H,5-10H2,(H,18,19). The highest BCUT2D eigenvalue weighted by atomic mass is 79.9. The fraction of sp³-hybridized carbons (Fsp3) is 0.533. The van der Waals surface area contributed by atoms with Crippen LogP contribution in [0.15, 0.2) is 28.7 Å². The number of nitrogens with one attached hydrogen (secondary N) is 1. The molecular weight excluding hydrogens is 322 g/mol. The first-order chi connectivity index (χ1) is 9.54. The second-order valence-electron chi connectivity index (χ2n) is 5.96. The molecular formula is C15H18BrNO3. The third kappa shape index (κ3) is 2.50. The van der Waals surface area contributed by atoms with Crippen molar-refractivity contribution in [3.63, 3.8) is 0 Å². The average Bonchev–Trinajstić information content (AvgIpc) is 2.79. The number of carboxylic acid groups (broad SMARTS) is 1. The Kier molecular flexibility index (Phi) is 3.60. The zero-order chi connectivity index (χ0) is 14.2. The number of hydrogen-bond donors (Lipinski definition) is 2. The summed E-state index contributed by atoms with van der Waals surface area (Å²) < 4.78 is 6.89. The van der Waals surface area contributed by atoms with Crippen molar-refractivity contribution < 1.29 is 14.6 Å². The number of carboxylic acids is 1. The van der Waals surface area contributed by atoms with Gasteiger partial charge >= 0.3 is 5.97 Å². The summed E-state index contributed by atoms with van der Waals surface area (Å²) in [7, 11) is 0. The topological polar surface area (TPSA) is 58.6 Å². The molecule has 0 amide bonds. The van der Waals surface area contributed by atoms with E-state index in [1.54, 1.807) is 0 Å². The van der Waals surface area contributed by atoms with E-state index >= 15 is 0 Å². The Bertz CT molecular complexity index is 512. The molecule has 1 saturated carbocycles. The number of benzene rings is 1. The van der Waals surface area contributed by atoms with E-state index in [1.165, 1.54) is 0 Å². The van der Waals surface area contributed by atoms with Gasteiger partial charge in [-0.05, 0) is 42.4 Å². The summed E-state index contributed by atoms with van der Waals surface area (Å²) in [4.78, 5) is 10.9. The normalized spacial score (nSPS) is 27.4. The molecule has 5 heteroatoms. The fourth-order valence-corrected chi connectivity index (χ4v) is 3.70. The van der Waals surface area contributed by atoms with Gasteiger partial charge in [-0.1, -0.05) is 28.1 Å². The van der Waals surface area contributed by atoms with Crippen LogP contribution >= 0.6 is 15.9 Å². The van der Waals surface area contributed by atoms with E-state index in [0.717, 1.165) is 42.4 Å². The number of halogens is 1. The Balaban J connectivity index is 1.87. The number of hydrogen-bond acceptors (Lipinski definition) is 3.